The van der Waals surface area contributed by atoms with Gasteiger partial charge in [-0.1, -0.05) is 24.3 Å². The Hall–Kier alpha value is -2.80. The van der Waals surface area contributed by atoms with E-state index in [4.69, 9.17) is 14.2 Å². The summed E-state index contributed by atoms with van der Waals surface area (Å²) in [7, 11) is 1.40. The van der Waals surface area contributed by atoms with Crippen LogP contribution in [0.4, 0.5) is 5.69 Å². The quantitative estimate of drug-likeness (QED) is 0.142. The number of nitrogens with one attached hydrogen (secondary N) is 1. The van der Waals surface area contributed by atoms with E-state index >= 15 is 0 Å². The molecule has 0 aliphatic carbocycles. The van der Waals surface area contributed by atoms with E-state index in [2.05, 4.69) is 16.8 Å². The largest absolute Gasteiger partial charge is 0.504 e. The van der Waals surface area contributed by atoms with Crippen molar-refractivity contribution in [2.24, 2.45) is 11.8 Å². The minimum atomic E-state index is -1.73. The first-order valence-electron chi connectivity index (χ1n) is 12.8. The number of esters is 1. The number of para-hydroxylation sites is 1. The molecule has 0 aromatic heterocycles. The number of carbonyl (C=O) groups is 2. The zero-order valence-corrected chi connectivity index (χ0v) is 21.1. The van der Waals surface area contributed by atoms with Gasteiger partial charge in [0.25, 0.3) is 0 Å². The predicted octanol–water partition coefficient (Wildman–Crippen LogP) is -0.354. The second-order valence-corrected chi connectivity index (χ2v) is 10.4. The summed E-state index contributed by atoms with van der Waals surface area (Å²) in [6, 6.07) is 7.49. The Morgan fingerprint density at radius 1 is 1.26 bits per heavy atom. The molecule has 4 aliphatic heterocycles. The second kappa shape index (κ2) is 10.4. The summed E-state index contributed by atoms with van der Waals surface area (Å²) in [6.45, 7) is 4.63. The number of piperidine rings is 1. The van der Waals surface area contributed by atoms with Crippen molar-refractivity contribution in [3.05, 3.63) is 54.3 Å². The smallest absolute Gasteiger partial charge is 0.339 e. The van der Waals surface area contributed by atoms with Crippen molar-refractivity contribution >= 4 is 17.6 Å². The summed E-state index contributed by atoms with van der Waals surface area (Å²) >= 11 is 0. The minimum Gasteiger partial charge on any atom is -0.504 e. The number of anilines is 1. The van der Waals surface area contributed by atoms with Gasteiger partial charge in [-0.15, -0.1) is 6.58 Å². The van der Waals surface area contributed by atoms with Gasteiger partial charge in [0.1, 0.15) is 24.4 Å². The van der Waals surface area contributed by atoms with E-state index in [9.17, 15) is 30.0 Å². The summed E-state index contributed by atoms with van der Waals surface area (Å²) in [5.41, 5.74) is 1.18. The van der Waals surface area contributed by atoms with Gasteiger partial charge in [0.05, 0.1) is 31.0 Å². The van der Waals surface area contributed by atoms with E-state index < -0.39 is 54.6 Å². The Bertz CT molecular complexity index is 1120. The molecule has 11 heteroatoms. The van der Waals surface area contributed by atoms with Crippen LogP contribution in [-0.2, 0) is 29.2 Å². The van der Waals surface area contributed by atoms with Gasteiger partial charge < -0.3 is 40.0 Å². The molecule has 5 N–H and O–H groups in total. The highest BCUT2D eigenvalue weighted by atomic mass is 16.7. The van der Waals surface area contributed by atoms with Gasteiger partial charge in [-0.25, -0.2) is 4.79 Å². The van der Waals surface area contributed by atoms with E-state index in [1.54, 1.807) is 6.08 Å². The van der Waals surface area contributed by atoms with Crippen LogP contribution in [0, 0.1) is 11.8 Å². The molecule has 11 nitrogen and oxygen atoms in total. The van der Waals surface area contributed by atoms with Gasteiger partial charge in [0.15, 0.2) is 0 Å². The number of rotatable bonds is 6. The SMILES string of the molecule is C=C[C@H]1CN2CC[C@@]3(C(=O)Nc4ccccc43)[C@@H]2C[C@@H]1/C(=C\OC)C(=O)O[C@@H]1O[C@H](CO)[C@@H](O)[C@H](O)[C@H]1O. The van der Waals surface area contributed by atoms with Crippen molar-refractivity contribution in [2.45, 2.75) is 55.0 Å². The highest BCUT2D eigenvalue weighted by Crippen LogP contribution is 2.53. The molecular formula is C27H34N2O9. The maximum Gasteiger partial charge on any atom is 0.339 e. The molecule has 206 valence electrons. The van der Waals surface area contributed by atoms with E-state index in [1.165, 1.54) is 13.4 Å². The molecule has 0 saturated carbocycles. The Morgan fingerprint density at radius 3 is 2.74 bits per heavy atom. The van der Waals surface area contributed by atoms with Crippen LogP contribution in [0.3, 0.4) is 0 Å². The van der Waals surface area contributed by atoms with Gasteiger partial charge in [0.2, 0.25) is 12.2 Å². The fraction of sp³-hybridized carbons (Fsp3) is 0.556. The molecule has 0 radical (unpaired) electrons. The topological polar surface area (TPSA) is 158 Å². The number of nitrogens with zero attached hydrogens (tertiary/aromatic N) is 1. The number of amides is 1. The van der Waals surface area contributed by atoms with Crippen LogP contribution < -0.4 is 5.32 Å². The molecule has 4 heterocycles. The van der Waals surface area contributed by atoms with Crippen molar-refractivity contribution < 1.29 is 44.2 Å². The van der Waals surface area contributed by atoms with E-state index in [-0.39, 0.29) is 23.4 Å². The Labute approximate surface area is 220 Å². The van der Waals surface area contributed by atoms with Crippen LogP contribution in [0.1, 0.15) is 18.4 Å². The lowest BCUT2D eigenvalue weighted by Gasteiger charge is -2.44. The van der Waals surface area contributed by atoms with E-state index in [0.717, 1.165) is 17.8 Å². The predicted molar refractivity (Wildman–Crippen MR) is 133 cm³/mol. The van der Waals surface area contributed by atoms with Crippen LogP contribution >= 0.6 is 0 Å². The first kappa shape index (κ1) is 26.8. The molecule has 9 atom stereocenters. The molecule has 0 unspecified atom stereocenters. The van der Waals surface area contributed by atoms with Crippen molar-refractivity contribution in [1.29, 1.82) is 0 Å². The van der Waals surface area contributed by atoms with Crippen molar-refractivity contribution in [3.8, 4) is 0 Å². The monoisotopic (exact) mass is 530 g/mol. The normalized spacial score (nSPS) is 38.9. The molecule has 3 saturated heterocycles. The molecule has 3 fully saturated rings. The number of fused-ring (bicyclic) bond motifs is 4. The van der Waals surface area contributed by atoms with Crippen molar-refractivity contribution in [1.82, 2.24) is 4.90 Å². The maximum atomic E-state index is 13.5. The van der Waals surface area contributed by atoms with Crippen molar-refractivity contribution in [2.75, 3.05) is 32.1 Å². The van der Waals surface area contributed by atoms with E-state index in [0.29, 0.717) is 19.4 Å². The minimum absolute atomic E-state index is 0.0526. The Kier molecular flexibility index (Phi) is 7.33. The maximum absolute atomic E-state index is 13.5. The number of aliphatic hydroxyl groups excluding tert-OH is 4. The van der Waals surface area contributed by atoms with Gasteiger partial charge in [0, 0.05) is 24.2 Å². The van der Waals surface area contributed by atoms with Gasteiger partial charge in [-0.3, -0.25) is 9.69 Å². The average Bonchev–Trinajstić information content (AvgIpc) is 3.44. The Balaban J connectivity index is 1.42. The summed E-state index contributed by atoms with van der Waals surface area (Å²) in [4.78, 5) is 29.2. The number of hydrogen-bond acceptors (Lipinski definition) is 10. The number of aliphatic hydroxyl groups is 4. The molecule has 0 bridgehead atoms. The fourth-order valence-electron chi connectivity index (χ4n) is 6.60. The summed E-state index contributed by atoms with van der Waals surface area (Å²) in [5, 5.41) is 43.0. The second-order valence-electron chi connectivity index (χ2n) is 10.4. The molecule has 1 aromatic rings. The first-order chi connectivity index (χ1) is 18.3. The zero-order valence-electron chi connectivity index (χ0n) is 21.1. The summed E-state index contributed by atoms with van der Waals surface area (Å²) in [6.07, 6.45) is -3.67. The highest BCUT2D eigenvalue weighted by Gasteiger charge is 2.60. The average molecular weight is 531 g/mol. The van der Waals surface area contributed by atoms with Gasteiger partial charge >= 0.3 is 5.97 Å². The van der Waals surface area contributed by atoms with Crippen LogP contribution in [0.15, 0.2) is 48.8 Å². The molecule has 1 aromatic carbocycles. The molecule has 4 aliphatic rings. The zero-order chi connectivity index (χ0) is 27.2. The lowest BCUT2D eigenvalue weighted by atomic mass is 9.68. The highest BCUT2D eigenvalue weighted by molar-refractivity contribution is 6.07. The summed E-state index contributed by atoms with van der Waals surface area (Å²) in [5.74, 6) is -1.49. The number of carbonyl (C=O) groups excluding carboxylic acids is 2. The Morgan fingerprint density at radius 2 is 2.03 bits per heavy atom. The first-order valence-corrected chi connectivity index (χ1v) is 12.8. The standard InChI is InChI=1S/C27H34N2O9/c1-3-14-11-29-9-8-27(17-6-4-5-7-18(17)28-26(27)35)20(29)10-15(14)16(13-36-2)24(34)38-25-23(33)22(32)21(31)19(12-30)37-25/h3-7,13-15,19-23,25,30-33H,1,8-12H2,2H3,(H,28,35)/b16-13+/t14-,15-,19+,20-,21+,22-,23+,25-,27-/m0/s1. The number of benzene rings is 1. The van der Waals surface area contributed by atoms with Crippen molar-refractivity contribution in [3.63, 3.8) is 0 Å². The van der Waals surface area contributed by atoms with Gasteiger partial charge in [-0.2, -0.15) is 0 Å². The third kappa shape index (κ3) is 4.14. The number of hydrogen-bond donors (Lipinski definition) is 5. The molecule has 5 rings (SSSR count). The molecule has 1 amide bonds. The lowest BCUT2D eigenvalue weighted by molar-refractivity contribution is -0.291. The number of methoxy groups -OCH3 is 1. The number of ether oxygens (including phenoxy) is 3. The third-order valence-corrected chi connectivity index (χ3v) is 8.56. The van der Waals surface area contributed by atoms with Crippen LogP contribution in [0.25, 0.3) is 0 Å². The third-order valence-electron chi connectivity index (χ3n) is 8.56. The van der Waals surface area contributed by atoms with Crippen LogP contribution in [0.2, 0.25) is 0 Å². The summed E-state index contributed by atoms with van der Waals surface area (Å²) < 4.78 is 16.1. The van der Waals surface area contributed by atoms with E-state index in [1.807, 2.05) is 24.3 Å². The molecule has 38 heavy (non-hydrogen) atoms. The molecule has 1 spiro atoms. The van der Waals surface area contributed by atoms with Gasteiger partial charge in [-0.05, 0) is 36.9 Å². The fourth-order valence-corrected chi connectivity index (χ4v) is 6.60. The van der Waals surface area contributed by atoms with Crippen LogP contribution in [0.5, 0.6) is 0 Å². The van der Waals surface area contributed by atoms with Crippen LogP contribution in [-0.4, -0.2) is 101 Å². The molecular weight excluding hydrogens is 496 g/mol. The lowest BCUT2D eigenvalue weighted by Crippen LogP contribution is -2.59.